The summed E-state index contributed by atoms with van der Waals surface area (Å²) in [4.78, 5) is 20.9. The van der Waals surface area contributed by atoms with Gasteiger partial charge in [0.15, 0.2) is 5.96 Å². The topological polar surface area (TPSA) is 116 Å². The molecule has 5 N–H and O–H groups in total. The fourth-order valence-corrected chi connectivity index (χ4v) is 3.01. The van der Waals surface area contributed by atoms with Gasteiger partial charge in [0, 0.05) is 11.4 Å². The number of amides is 1. The number of aryl methyl sites for hydroxylation is 1. The number of nitrogens with two attached hydrogens (primary N) is 2. The highest BCUT2D eigenvalue weighted by molar-refractivity contribution is 7.15. The molecule has 0 aliphatic heterocycles. The molecule has 1 aromatic heterocycles. The predicted octanol–water partition coefficient (Wildman–Crippen LogP) is 1.34. The van der Waals surface area contributed by atoms with Gasteiger partial charge in [0.2, 0.25) is 5.13 Å². The lowest BCUT2D eigenvalue weighted by Gasteiger charge is -2.21. The van der Waals surface area contributed by atoms with Gasteiger partial charge in [0.05, 0.1) is 5.69 Å². The molecule has 1 aliphatic carbocycles. The van der Waals surface area contributed by atoms with Gasteiger partial charge in [-0.2, -0.15) is 4.99 Å². The van der Waals surface area contributed by atoms with Gasteiger partial charge in [-0.1, -0.05) is 17.4 Å². The second-order valence-corrected chi connectivity index (χ2v) is 5.36. The van der Waals surface area contributed by atoms with Crippen molar-refractivity contribution in [2.24, 2.45) is 16.5 Å². The van der Waals surface area contributed by atoms with Gasteiger partial charge in [-0.15, -0.1) is 6.58 Å². The van der Waals surface area contributed by atoms with E-state index in [4.69, 9.17) is 16.2 Å². The molecule has 1 aliphatic rings. The second-order valence-electron chi connectivity index (χ2n) is 4.30. The van der Waals surface area contributed by atoms with Crippen molar-refractivity contribution in [2.45, 2.75) is 25.4 Å². The molecule has 1 amide bonds. The molecule has 0 radical (unpaired) electrons. The maximum Gasteiger partial charge on any atom is 0.408 e. The van der Waals surface area contributed by atoms with Gasteiger partial charge in [-0.05, 0) is 19.3 Å². The number of aliphatic imine (C=N–C) groups is 1. The van der Waals surface area contributed by atoms with Crippen LogP contribution in [0, 0.1) is 0 Å². The Hall–Kier alpha value is -2.09. The van der Waals surface area contributed by atoms with Crippen LogP contribution >= 0.6 is 11.3 Å². The first-order valence-electron chi connectivity index (χ1n) is 6.24. The van der Waals surface area contributed by atoms with E-state index in [1.54, 1.807) is 6.08 Å². The maximum atomic E-state index is 11.6. The zero-order chi connectivity index (χ0) is 14.5. The third-order valence-electron chi connectivity index (χ3n) is 2.76. The van der Waals surface area contributed by atoms with E-state index in [9.17, 15) is 4.79 Å². The molecule has 8 heteroatoms. The number of nitrogens with zero attached hydrogens (tertiary/aromatic N) is 2. The summed E-state index contributed by atoms with van der Waals surface area (Å²) in [5.41, 5.74) is 11.4. The zero-order valence-corrected chi connectivity index (χ0v) is 11.8. The number of carbonyl (C=O) groups is 1. The highest BCUT2D eigenvalue weighted by atomic mass is 32.1. The van der Waals surface area contributed by atoms with Crippen molar-refractivity contribution in [3.63, 3.8) is 0 Å². The SMILES string of the molecule is C=CCNC(=O)OC1CCCc2sc(N=C(N)N)nc21. The summed E-state index contributed by atoms with van der Waals surface area (Å²) >= 11 is 1.43. The third-order valence-corrected chi connectivity index (χ3v) is 3.78. The number of alkyl carbamates (subject to hydrolysis) is 1. The largest absolute Gasteiger partial charge is 0.440 e. The number of ether oxygens (including phenoxy) is 1. The number of fused-ring (bicyclic) bond motifs is 1. The average molecular weight is 295 g/mol. The van der Waals surface area contributed by atoms with E-state index in [0.29, 0.717) is 11.7 Å². The molecule has 7 nitrogen and oxygen atoms in total. The molecule has 20 heavy (non-hydrogen) atoms. The minimum atomic E-state index is -0.473. The summed E-state index contributed by atoms with van der Waals surface area (Å²) in [6, 6.07) is 0. The van der Waals surface area contributed by atoms with Crippen molar-refractivity contribution in [1.82, 2.24) is 10.3 Å². The molecule has 0 fully saturated rings. The minimum absolute atomic E-state index is 0.0303. The van der Waals surface area contributed by atoms with Crippen LogP contribution in [-0.4, -0.2) is 23.6 Å². The van der Waals surface area contributed by atoms with Crippen LogP contribution in [0.4, 0.5) is 9.93 Å². The quantitative estimate of drug-likeness (QED) is 0.440. The molecule has 2 rings (SSSR count). The van der Waals surface area contributed by atoms with Crippen LogP contribution in [0.1, 0.15) is 29.5 Å². The van der Waals surface area contributed by atoms with Crippen LogP contribution in [0.15, 0.2) is 17.6 Å². The molecular formula is C12H17N5O2S. The normalized spacial score (nSPS) is 16.9. The first-order chi connectivity index (χ1) is 9.60. The van der Waals surface area contributed by atoms with E-state index in [1.807, 2.05) is 0 Å². The highest BCUT2D eigenvalue weighted by Gasteiger charge is 2.27. The van der Waals surface area contributed by atoms with Crippen LogP contribution in [0.3, 0.4) is 0 Å². The van der Waals surface area contributed by atoms with Gasteiger partial charge >= 0.3 is 6.09 Å². The van der Waals surface area contributed by atoms with Crippen LogP contribution in [0.5, 0.6) is 0 Å². The predicted molar refractivity (Wildman–Crippen MR) is 77.9 cm³/mol. The molecular weight excluding hydrogens is 278 g/mol. The van der Waals surface area contributed by atoms with Crippen molar-refractivity contribution in [3.8, 4) is 0 Å². The van der Waals surface area contributed by atoms with E-state index >= 15 is 0 Å². The van der Waals surface area contributed by atoms with Gasteiger partial charge < -0.3 is 21.5 Å². The summed E-state index contributed by atoms with van der Waals surface area (Å²) in [7, 11) is 0. The van der Waals surface area contributed by atoms with Gasteiger partial charge in [-0.25, -0.2) is 9.78 Å². The van der Waals surface area contributed by atoms with Gasteiger partial charge in [0.1, 0.15) is 6.10 Å². The molecule has 1 heterocycles. The third kappa shape index (κ3) is 3.47. The number of rotatable bonds is 4. The Morgan fingerprint density at radius 2 is 2.45 bits per heavy atom. The fraction of sp³-hybridized carbons (Fsp3) is 0.417. The number of carbonyl (C=O) groups excluding carboxylic acids is 1. The minimum Gasteiger partial charge on any atom is -0.440 e. The fourth-order valence-electron chi connectivity index (χ4n) is 1.97. The first-order valence-corrected chi connectivity index (χ1v) is 7.06. The highest BCUT2D eigenvalue weighted by Crippen LogP contribution is 2.38. The molecule has 1 unspecified atom stereocenters. The summed E-state index contributed by atoms with van der Waals surface area (Å²) in [6.07, 6.45) is 3.37. The Kier molecular flexibility index (Phi) is 4.57. The summed E-state index contributed by atoms with van der Waals surface area (Å²) < 4.78 is 5.37. The first kappa shape index (κ1) is 14.3. The van der Waals surface area contributed by atoms with E-state index in [1.165, 1.54) is 11.3 Å². The monoisotopic (exact) mass is 295 g/mol. The van der Waals surface area contributed by atoms with Crippen LogP contribution in [0.25, 0.3) is 0 Å². The van der Waals surface area contributed by atoms with Crippen molar-refractivity contribution in [3.05, 3.63) is 23.2 Å². The molecule has 0 saturated carbocycles. The molecule has 108 valence electrons. The van der Waals surface area contributed by atoms with E-state index in [-0.39, 0.29) is 12.1 Å². The number of nitrogens with one attached hydrogen (secondary N) is 1. The standard InChI is InChI=1S/C12H17N5O2S/c1-2-6-15-12(18)19-7-4-3-5-8-9(7)16-11(20-8)17-10(13)14/h2,7H,1,3-6H2,(H,15,18)(H4,13,14,16,17). The van der Waals surface area contributed by atoms with Gasteiger partial charge in [-0.3, -0.25) is 0 Å². The van der Waals surface area contributed by atoms with E-state index < -0.39 is 6.09 Å². The van der Waals surface area contributed by atoms with E-state index in [2.05, 4.69) is 21.9 Å². The number of hydrogen-bond donors (Lipinski definition) is 3. The van der Waals surface area contributed by atoms with Crippen molar-refractivity contribution in [2.75, 3.05) is 6.54 Å². The number of aromatic nitrogens is 1. The van der Waals surface area contributed by atoms with E-state index in [0.717, 1.165) is 29.8 Å². The van der Waals surface area contributed by atoms with Gasteiger partial charge in [0.25, 0.3) is 0 Å². The summed E-state index contributed by atoms with van der Waals surface area (Å²) in [6.45, 7) is 3.90. The number of thiazole rings is 1. The Morgan fingerprint density at radius 3 is 3.15 bits per heavy atom. The van der Waals surface area contributed by atoms with Crippen molar-refractivity contribution >= 4 is 28.5 Å². The maximum absolute atomic E-state index is 11.6. The Balaban J connectivity index is 2.11. The van der Waals surface area contributed by atoms with Crippen LogP contribution < -0.4 is 16.8 Å². The lowest BCUT2D eigenvalue weighted by atomic mass is 10.0. The smallest absolute Gasteiger partial charge is 0.408 e. The molecule has 0 bridgehead atoms. The summed E-state index contributed by atoms with van der Waals surface area (Å²) in [5.74, 6) is -0.0303. The Labute approximate surface area is 120 Å². The van der Waals surface area contributed by atoms with Crippen LogP contribution in [-0.2, 0) is 11.2 Å². The molecule has 1 atom stereocenters. The molecule has 0 saturated heterocycles. The molecule has 0 aromatic carbocycles. The Morgan fingerprint density at radius 1 is 1.65 bits per heavy atom. The van der Waals surface area contributed by atoms with Crippen molar-refractivity contribution in [1.29, 1.82) is 0 Å². The van der Waals surface area contributed by atoms with Crippen LogP contribution in [0.2, 0.25) is 0 Å². The Bertz CT molecular complexity index is 536. The summed E-state index contributed by atoms with van der Waals surface area (Å²) in [5, 5.41) is 3.08. The molecule has 0 spiro atoms. The number of guanidine groups is 1. The average Bonchev–Trinajstić information content (AvgIpc) is 2.79. The zero-order valence-electron chi connectivity index (χ0n) is 11.0. The molecule has 1 aromatic rings. The van der Waals surface area contributed by atoms with Crippen molar-refractivity contribution < 1.29 is 9.53 Å². The second kappa shape index (κ2) is 6.38. The lowest BCUT2D eigenvalue weighted by Crippen LogP contribution is -2.27. The lowest BCUT2D eigenvalue weighted by molar-refractivity contribution is 0.0864. The number of hydrogen-bond acceptors (Lipinski definition) is 5.